The highest BCUT2D eigenvalue weighted by Gasteiger charge is 2.37. The lowest BCUT2D eigenvalue weighted by atomic mass is 9.77. The molecule has 2 aliphatic rings. The third kappa shape index (κ3) is 6.50. The SMILES string of the molecule is O=C(O)C(=NOCC1CC1)c1csc(NC(c2ccccc2)(c2ccccc2)c2ccccc2)n1.O=C1CO1. The molecule has 3 aromatic carbocycles. The van der Waals surface area contributed by atoms with E-state index in [0.717, 1.165) is 29.5 Å². The normalized spacial score (nSPS) is 14.5. The van der Waals surface area contributed by atoms with Gasteiger partial charge in [-0.3, -0.25) is 0 Å². The molecule has 1 aliphatic heterocycles. The maximum atomic E-state index is 11.9. The Morgan fingerprint density at radius 1 is 0.974 bits per heavy atom. The number of rotatable bonds is 10. The summed E-state index contributed by atoms with van der Waals surface area (Å²) in [6.07, 6.45) is 2.20. The number of cyclic esters (lactones) is 1. The number of aliphatic carboxylic acids is 1. The molecule has 4 aromatic rings. The van der Waals surface area contributed by atoms with Crippen molar-refractivity contribution < 1.29 is 24.3 Å². The number of epoxide rings is 1. The number of aromatic nitrogens is 1. The zero-order valence-corrected chi connectivity index (χ0v) is 21.8. The van der Waals surface area contributed by atoms with E-state index in [1.807, 2.05) is 54.6 Å². The minimum atomic E-state index is -1.17. The number of carbonyl (C=O) groups is 2. The van der Waals surface area contributed by atoms with Crippen molar-refractivity contribution >= 4 is 34.1 Å². The summed E-state index contributed by atoms with van der Waals surface area (Å²) in [4.78, 5) is 31.1. The van der Waals surface area contributed by atoms with Crippen molar-refractivity contribution in [1.29, 1.82) is 0 Å². The quantitative estimate of drug-likeness (QED) is 0.121. The molecule has 0 radical (unpaired) electrons. The van der Waals surface area contributed by atoms with Crippen LogP contribution in [-0.4, -0.2) is 41.0 Å². The average molecular weight is 542 g/mol. The van der Waals surface area contributed by atoms with E-state index in [2.05, 4.69) is 56.6 Å². The first-order valence-electron chi connectivity index (χ1n) is 12.6. The Hall–Kier alpha value is -4.50. The van der Waals surface area contributed by atoms with Crippen molar-refractivity contribution in [3.05, 3.63) is 119 Å². The molecule has 1 saturated carbocycles. The minimum Gasteiger partial charge on any atom is -0.476 e. The largest absolute Gasteiger partial charge is 0.476 e. The molecule has 0 spiro atoms. The molecule has 2 N–H and O–H groups in total. The number of benzene rings is 3. The van der Waals surface area contributed by atoms with Gasteiger partial charge in [-0.2, -0.15) is 0 Å². The molecular formula is C30H27N3O5S. The number of nitrogens with zero attached hydrogens (tertiary/aromatic N) is 2. The Morgan fingerprint density at radius 2 is 1.46 bits per heavy atom. The molecular weight excluding hydrogens is 514 g/mol. The van der Waals surface area contributed by atoms with Crippen molar-refractivity contribution in [2.75, 3.05) is 18.5 Å². The highest BCUT2D eigenvalue weighted by Crippen LogP contribution is 2.40. The van der Waals surface area contributed by atoms with Crippen LogP contribution in [0, 0.1) is 5.92 Å². The van der Waals surface area contributed by atoms with Crippen LogP contribution in [0.4, 0.5) is 5.13 Å². The van der Waals surface area contributed by atoms with Crippen LogP contribution in [0.1, 0.15) is 35.2 Å². The monoisotopic (exact) mass is 541 g/mol. The zero-order chi connectivity index (χ0) is 27.1. The molecule has 1 aromatic heterocycles. The number of oxime groups is 1. The Balaban J connectivity index is 0.000000707. The highest BCUT2D eigenvalue weighted by atomic mass is 32.1. The van der Waals surface area contributed by atoms with Gasteiger partial charge in [-0.15, -0.1) is 11.3 Å². The van der Waals surface area contributed by atoms with E-state index < -0.39 is 11.5 Å². The smallest absolute Gasteiger partial charge is 0.360 e. The van der Waals surface area contributed by atoms with Crippen LogP contribution >= 0.6 is 11.3 Å². The standard InChI is InChI=1S/C28H25N3O3S.C2H2O2/c32-26(33)25(31-34-18-20-16-17-20)24-19-35-27(29-24)30-28(21-10-4-1-5-11-21,22-12-6-2-7-13-22)23-14-8-3-9-15-23;3-2-1-4-2/h1-15,19-20H,16-18H2,(H,29,30)(H,32,33);1H2. The first kappa shape index (κ1) is 26.1. The van der Waals surface area contributed by atoms with E-state index in [1.165, 1.54) is 11.3 Å². The lowest BCUT2D eigenvalue weighted by molar-refractivity contribution is -0.129. The number of carbonyl (C=O) groups excluding carboxylic acids is 1. The summed E-state index contributed by atoms with van der Waals surface area (Å²) in [5.41, 5.74) is 2.43. The van der Waals surface area contributed by atoms with E-state index in [9.17, 15) is 14.7 Å². The second kappa shape index (κ2) is 11.9. The number of anilines is 1. The number of hydrogen-bond acceptors (Lipinski definition) is 8. The van der Waals surface area contributed by atoms with Crippen LogP contribution in [0.2, 0.25) is 0 Å². The number of thiazole rings is 1. The minimum absolute atomic E-state index is 0.0833. The van der Waals surface area contributed by atoms with Crippen molar-refractivity contribution in [1.82, 2.24) is 4.98 Å². The second-order valence-corrected chi connectivity index (χ2v) is 10.0. The number of ether oxygens (including phenoxy) is 1. The van der Waals surface area contributed by atoms with Gasteiger partial charge in [0, 0.05) is 5.38 Å². The maximum absolute atomic E-state index is 11.9. The van der Waals surface area contributed by atoms with Crippen LogP contribution in [0.3, 0.4) is 0 Å². The molecule has 2 heterocycles. The molecule has 1 aliphatic carbocycles. The summed E-state index contributed by atoms with van der Waals surface area (Å²) < 4.78 is 4.07. The zero-order valence-electron chi connectivity index (χ0n) is 21.0. The Morgan fingerprint density at radius 3 is 1.87 bits per heavy atom. The molecule has 1 saturated heterocycles. The van der Waals surface area contributed by atoms with Gasteiger partial charge in [0.1, 0.15) is 17.8 Å². The molecule has 0 atom stereocenters. The van der Waals surface area contributed by atoms with E-state index in [-0.39, 0.29) is 17.4 Å². The fourth-order valence-corrected chi connectivity index (χ4v) is 4.85. The molecule has 198 valence electrons. The number of nitrogens with one attached hydrogen (secondary N) is 1. The number of carboxylic acid groups (broad SMARTS) is 1. The summed E-state index contributed by atoms with van der Waals surface area (Å²) >= 11 is 1.34. The highest BCUT2D eigenvalue weighted by molar-refractivity contribution is 7.14. The van der Waals surface area contributed by atoms with E-state index in [1.54, 1.807) is 5.38 Å². The van der Waals surface area contributed by atoms with Gasteiger partial charge in [0.25, 0.3) is 0 Å². The van der Waals surface area contributed by atoms with Crippen LogP contribution in [0.15, 0.2) is 102 Å². The van der Waals surface area contributed by atoms with Crippen LogP contribution in [-0.2, 0) is 24.7 Å². The second-order valence-electron chi connectivity index (χ2n) is 9.16. The molecule has 9 heteroatoms. The fourth-order valence-electron chi connectivity index (χ4n) is 4.10. The van der Waals surface area contributed by atoms with Crippen LogP contribution < -0.4 is 5.32 Å². The summed E-state index contributed by atoms with van der Waals surface area (Å²) in [7, 11) is 0. The Kier molecular flexibility index (Phi) is 7.98. The van der Waals surface area contributed by atoms with Gasteiger partial charge < -0.3 is 20.0 Å². The summed E-state index contributed by atoms with van der Waals surface area (Å²) in [6.45, 7) is 0.783. The van der Waals surface area contributed by atoms with Gasteiger partial charge in [-0.1, -0.05) is 96.2 Å². The topological polar surface area (TPSA) is 113 Å². The fraction of sp³-hybridized carbons (Fsp3) is 0.200. The van der Waals surface area contributed by atoms with Gasteiger partial charge in [-0.05, 0) is 35.4 Å². The first-order chi connectivity index (χ1) is 19.1. The molecule has 39 heavy (non-hydrogen) atoms. The van der Waals surface area contributed by atoms with E-state index in [0.29, 0.717) is 24.3 Å². The Labute approximate surface area is 229 Å². The number of hydrogen-bond donors (Lipinski definition) is 2. The predicted molar refractivity (Wildman–Crippen MR) is 149 cm³/mol. The molecule has 0 bridgehead atoms. The van der Waals surface area contributed by atoms with E-state index >= 15 is 0 Å². The Bertz CT molecular complexity index is 1330. The lowest BCUT2D eigenvalue weighted by Crippen LogP contribution is -2.38. The lowest BCUT2D eigenvalue weighted by Gasteiger charge is -2.36. The molecule has 0 amide bonds. The van der Waals surface area contributed by atoms with Crippen molar-refractivity contribution in [2.24, 2.45) is 11.1 Å². The van der Waals surface area contributed by atoms with Crippen LogP contribution in [0.5, 0.6) is 0 Å². The van der Waals surface area contributed by atoms with E-state index in [4.69, 9.17) is 4.84 Å². The third-order valence-electron chi connectivity index (χ3n) is 6.29. The summed E-state index contributed by atoms with van der Waals surface area (Å²) in [5, 5.41) is 19.5. The molecule has 2 fully saturated rings. The van der Waals surface area contributed by atoms with Gasteiger partial charge in [-0.25, -0.2) is 14.6 Å². The molecule has 0 unspecified atom stereocenters. The molecule has 8 nitrogen and oxygen atoms in total. The number of carboxylic acids is 1. The first-order valence-corrected chi connectivity index (χ1v) is 13.4. The predicted octanol–water partition coefficient (Wildman–Crippen LogP) is 5.31. The third-order valence-corrected chi connectivity index (χ3v) is 7.05. The van der Waals surface area contributed by atoms with Gasteiger partial charge in [0.05, 0.1) is 0 Å². The summed E-state index contributed by atoms with van der Waals surface area (Å²) in [6, 6.07) is 30.5. The van der Waals surface area contributed by atoms with Crippen molar-refractivity contribution in [2.45, 2.75) is 18.4 Å². The maximum Gasteiger partial charge on any atom is 0.360 e. The average Bonchev–Trinajstić information content (AvgIpc) is 3.91. The summed E-state index contributed by atoms with van der Waals surface area (Å²) in [5.74, 6) is -0.775. The van der Waals surface area contributed by atoms with Crippen LogP contribution in [0.25, 0.3) is 0 Å². The van der Waals surface area contributed by atoms with Crippen molar-refractivity contribution in [3.8, 4) is 0 Å². The van der Waals surface area contributed by atoms with Gasteiger partial charge >= 0.3 is 11.9 Å². The van der Waals surface area contributed by atoms with Gasteiger partial charge in [0.15, 0.2) is 11.7 Å². The molecule has 6 rings (SSSR count). The van der Waals surface area contributed by atoms with Crippen molar-refractivity contribution in [3.63, 3.8) is 0 Å². The van der Waals surface area contributed by atoms with Gasteiger partial charge in [0.2, 0.25) is 5.71 Å².